The maximum Gasteiger partial charge on any atom is 0.338 e. The Morgan fingerprint density at radius 1 is 0.791 bits per heavy atom. The van der Waals surface area contributed by atoms with Crippen molar-refractivity contribution in [1.82, 2.24) is 0 Å². The number of hydrogen-bond acceptors (Lipinski definition) is 5. The largest absolute Gasteiger partial charge is 0.467 e. The molecular weight excluding hydrogens is 552 g/mol. The zero-order chi connectivity index (χ0) is 30.3. The molecule has 5 nitrogen and oxygen atoms in total. The third-order valence-electron chi connectivity index (χ3n) is 8.40. The molecule has 5 rings (SSSR count). The van der Waals surface area contributed by atoms with Crippen molar-refractivity contribution in [3.05, 3.63) is 132 Å². The average Bonchev–Trinajstić information content (AvgIpc) is 3.39. The second-order valence-electron chi connectivity index (χ2n) is 12.3. The Balaban J connectivity index is 1.51. The van der Waals surface area contributed by atoms with Crippen LogP contribution >= 0.6 is 0 Å². The summed E-state index contributed by atoms with van der Waals surface area (Å²) in [5.74, 6) is -0.391. The standard InChI is InChI=1S/C37H42O5Si/c1-36(2,3)43(31-21-13-7-14-22-31,32-23-15-8-16-24-32)41-28-34-33(40-27-30-19-11-6-12-20-30)26-37(42-34,35(38)39-4)25-29-17-9-5-10-18-29/h5-24,33-34H,25-28H2,1-4H3/t33-,34-,37-/m1/s1. The van der Waals surface area contributed by atoms with E-state index in [4.69, 9.17) is 18.6 Å². The molecule has 0 spiro atoms. The van der Waals surface area contributed by atoms with E-state index in [2.05, 4.69) is 69.3 Å². The van der Waals surface area contributed by atoms with Crippen LogP contribution in [-0.4, -0.2) is 45.8 Å². The maximum atomic E-state index is 13.5. The minimum Gasteiger partial charge on any atom is -0.467 e. The molecular formula is C37H42O5Si. The van der Waals surface area contributed by atoms with E-state index >= 15 is 0 Å². The summed E-state index contributed by atoms with van der Waals surface area (Å²) in [5, 5.41) is 2.19. The first-order valence-electron chi connectivity index (χ1n) is 15.0. The van der Waals surface area contributed by atoms with Gasteiger partial charge in [-0.3, -0.25) is 0 Å². The highest BCUT2D eigenvalue weighted by Gasteiger charge is 2.55. The van der Waals surface area contributed by atoms with Crippen molar-refractivity contribution < 1.29 is 23.4 Å². The molecule has 0 bridgehead atoms. The van der Waals surface area contributed by atoms with E-state index in [0.717, 1.165) is 11.1 Å². The molecule has 0 radical (unpaired) electrons. The lowest BCUT2D eigenvalue weighted by atomic mass is 9.90. The molecule has 0 aromatic heterocycles. The molecule has 0 aliphatic carbocycles. The van der Waals surface area contributed by atoms with Crippen molar-refractivity contribution in [1.29, 1.82) is 0 Å². The number of carbonyl (C=O) groups is 1. The predicted molar refractivity (Wildman–Crippen MR) is 173 cm³/mol. The zero-order valence-corrected chi connectivity index (χ0v) is 26.6. The molecule has 224 valence electrons. The predicted octanol–water partition coefficient (Wildman–Crippen LogP) is 6.09. The van der Waals surface area contributed by atoms with Crippen molar-refractivity contribution in [3.63, 3.8) is 0 Å². The quantitative estimate of drug-likeness (QED) is 0.155. The Hall–Kier alpha value is -3.55. The fraction of sp³-hybridized carbons (Fsp3) is 0.324. The van der Waals surface area contributed by atoms with Gasteiger partial charge in [-0.15, -0.1) is 0 Å². The lowest BCUT2D eigenvalue weighted by Crippen LogP contribution is -2.67. The zero-order valence-electron chi connectivity index (χ0n) is 25.6. The first kappa shape index (κ1) is 30.9. The number of esters is 1. The second kappa shape index (κ2) is 13.4. The fourth-order valence-corrected chi connectivity index (χ4v) is 10.9. The lowest BCUT2D eigenvalue weighted by Gasteiger charge is -2.43. The van der Waals surface area contributed by atoms with Gasteiger partial charge in [0.15, 0.2) is 5.60 Å². The molecule has 3 atom stereocenters. The smallest absolute Gasteiger partial charge is 0.338 e. The van der Waals surface area contributed by atoms with Gasteiger partial charge < -0.3 is 18.6 Å². The van der Waals surface area contributed by atoms with Crippen LogP contribution in [0.3, 0.4) is 0 Å². The number of methoxy groups -OCH3 is 1. The van der Waals surface area contributed by atoms with Crippen LogP contribution in [0.4, 0.5) is 0 Å². The van der Waals surface area contributed by atoms with Gasteiger partial charge in [0.2, 0.25) is 0 Å². The highest BCUT2D eigenvalue weighted by Crippen LogP contribution is 2.40. The normalized spacial score (nSPS) is 20.6. The van der Waals surface area contributed by atoms with Crippen molar-refractivity contribution in [3.8, 4) is 0 Å². The van der Waals surface area contributed by atoms with E-state index in [1.165, 1.54) is 17.5 Å². The van der Waals surface area contributed by atoms with Gasteiger partial charge in [-0.2, -0.15) is 0 Å². The summed E-state index contributed by atoms with van der Waals surface area (Å²) >= 11 is 0. The SMILES string of the molecule is COC(=O)[C@@]1(Cc2ccccc2)C[C@@H](OCc2ccccc2)[C@@H](CO[Si](c2ccccc2)(c2ccccc2)C(C)(C)C)O1. The Morgan fingerprint density at radius 2 is 1.28 bits per heavy atom. The third-order valence-corrected chi connectivity index (χ3v) is 13.4. The summed E-state index contributed by atoms with van der Waals surface area (Å²) in [6.07, 6.45) is -0.0909. The van der Waals surface area contributed by atoms with Crippen molar-refractivity contribution >= 4 is 24.7 Å². The van der Waals surface area contributed by atoms with Gasteiger partial charge in [0.1, 0.15) is 6.10 Å². The number of hydrogen-bond donors (Lipinski definition) is 0. The van der Waals surface area contributed by atoms with Crippen molar-refractivity contribution in [2.75, 3.05) is 13.7 Å². The summed E-state index contributed by atoms with van der Waals surface area (Å²) < 4.78 is 26.0. The number of benzene rings is 4. The minimum absolute atomic E-state index is 0.196. The van der Waals surface area contributed by atoms with E-state index in [0.29, 0.717) is 19.4 Å². The van der Waals surface area contributed by atoms with Gasteiger partial charge in [-0.1, -0.05) is 142 Å². The van der Waals surface area contributed by atoms with Gasteiger partial charge in [-0.05, 0) is 26.5 Å². The lowest BCUT2D eigenvalue weighted by molar-refractivity contribution is -0.169. The van der Waals surface area contributed by atoms with E-state index in [1.54, 1.807) is 0 Å². The van der Waals surface area contributed by atoms with Gasteiger partial charge in [0, 0.05) is 12.8 Å². The summed E-state index contributed by atoms with van der Waals surface area (Å²) in [6.45, 7) is 7.46. The van der Waals surface area contributed by atoms with Crippen LogP contribution < -0.4 is 10.4 Å². The molecule has 1 fully saturated rings. The average molecular weight is 595 g/mol. The molecule has 0 amide bonds. The molecule has 1 aliphatic heterocycles. The highest BCUT2D eigenvalue weighted by molar-refractivity contribution is 6.99. The van der Waals surface area contributed by atoms with Crippen LogP contribution in [0.25, 0.3) is 0 Å². The molecule has 4 aromatic rings. The minimum atomic E-state index is -2.84. The molecule has 43 heavy (non-hydrogen) atoms. The molecule has 1 aliphatic rings. The Morgan fingerprint density at radius 3 is 1.77 bits per heavy atom. The monoisotopic (exact) mass is 594 g/mol. The number of ether oxygens (including phenoxy) is 3. The molecule has 1 heterocycles. The molecule has 0 saturated carbocycles. The first-order valence-corrected chi connectivity index (χ1v) is 16.9. The van der Waals surface area contributed by atoms with E-state index in [9.17, 15) is 4.79 Å². The van der Waals surface area contributed by atoms with Crippen LogP contribution in [0.2, 0.25) is 5.04 Å². The topological polar surface area (TPSA) is 54.0 Å². The van der Waals surface area contributed by atoms with Gasteiger partial charge in [0.25, 0.3) is 8.32 Å². The van der Waals surface area contributed by atoms with Gasteiger partial charge >= 0.3 is 5.97 Å². The maximum absolute atomic E-state index is 13.5. The van der Waals surface area contributed by atoms with Crippen LogP contribution in [0, 0.1) is 0 Å². The molecule has 0 N–H and O–H groups in total. The van der Waals surface area contributed by atoms with Gasteiger partial charge in [-0.25, -0.2) is 4.79 Å². The highest BCUT2D eigenvalue weighted by atomic mass is 28.4. The van der Waals surface area contributed by atoms with E-state index in [1.807, 2.05) is 72.8 Å². The molecule has 1 saturated heterocycles. The molecule has 0 unspecified atom stereocenters. The van der Waals surface area contributed by atoms with Crippen LogP contribution in [0.1, 0.15) is 38.3 Å². The second-order valence-corrected chi connectivity index (χ2v) is 16.6. The Bertz CT molecular complexity index is 1400. The summed E-state index contributed by atoms with van der Waals surface area (Å²) in [7, 11) is -1.42. The van der Waals surface area contributed by atoms with Gasteiger partial charge in [0.05, 0.1) is 26.4 Å². The fourth-order valence-electron chi connectivity index (χ4n) is 6.35. The van der Waals surface area contributed by atoms with Crippen LogP contribution in [0.15, 0.2) is 121 Å². The van der Waals surface area contributed by atoms with Crippen LogP contribution in [-0.2, 0) is 36.5 Å². The third kappa shape index (κ3) is 6.68. The number of rotatable bonds is 11. The Labute approximate surface area is 256 Å². The Kier molecular flexibility index (Phi) is 9.62. The summed E-state index contributed by atoms with van der Waals surface area (Å²) in [5.41, 5.74) is 0.882. The summed E-state index contributed by atoms with van der Waals surface area (Å²) in [4.78, 5) is 13.5. The van der Waals surface area contributed by atoms with E-state index < -0.39 is 26.0 Å². The number of carbonyl (C=O) groups excluding carboxylic acids is 1. The van der Waals surface area contributed by atoms with Crippen LogP contribution in [0.5, 0.6) is 0 Å². The van der Waals surface area contributed by atoms with Crippen molar-refractivity contribution in [2.24, 2.45) is 0 Å². The molecule has 6 heteroatoms. The summed E-state index contributed by atoms with van der Waals surface area (Å²) in [6, 6.07) is 41.1. The first-order chi connectivity index (χ1) is 20.8. The molecule has 4 aromatic carbocycles. The van der Waals surface area contributed by atoms with E-state index in [-0.39, 0.29) is 17.7 Å². The van der Waals surface area contributed by atoms with Crippen molar-refractivity contribution in [2.45, 2.75) is 63.1 Å².